The second-order valence-electron chi connectivity index (χ2n) is 4.55. The Balaban J connectivity index is 2.17. The monoisotopic (exact) mass is 274 g/mol. The lowest BCUT2D eigenvalue weighted by molar-refractivity contribution is 0.412. The number of fused-ring (bicyclic) bond motifs is 1. The normalized spacial score (nSPS) is 11.0. The molecule has 0 atom stereocenters. The zero-order valence-corrected chi connectivity index (χ0v) is 11.0. The first kappa shape index (κ1) is 12.6. The molecule has 0 bridgehead atoms. The number of halogens is 2. The molecular formula is C15H12F2N2O. The van der Waals surface area contributed by atoms with Crippen LogP contribution in [0.25, 0.3) is 22.4 Å². The smallest absolute Gasteiger partial charge is 0.153 e. The number of H-pyrrole nitrogens is 1. The molecule has 3 rings (SSSR count). The largest absolute Gasteiger partial charge is 0.496 e. The molecule has 2 aromatic carbocycles. The summed E-state index contributed by atoms with van der Waals surface area (Å²) >= 11 is 0. The third-order valence-electron chi connectivity index (χ3n) is 3.19. The predicted octanol–water partition coefficient (Wildman–Crippen LogP) is 3.83. The van der Waals surface area contributed by atoms with E-state index in [9.17, 15) is 8.78 Å². The highest BCUT2D eigenvalue weighted by Gasteiger charge is 2.12. The number of hydrogen-bond acceptors (Lipinski definition) is 2. The van der Waals surface area contributed by atoms with E-state index in [0.717, 1.165) is 22.9 Å². The number of methoxy groups -OCH3 is 1. The number of rotatable bonds is 2. The molecule has 0 aliphatic carbocycles. The van der Waals surface area contributed by atoms with E-state index < -0.39 is 11.6 Å². The fourth-order valence-electron chi connectivity index (χ4n) is 2.15. The molecule has 0 saturated carbocycles. The lowest BCUT2D eigenvalue weighted by atomic mass is 10.1. The van der Waals surface area contributed by atoms with Gasteiger partial charge in [-0.25, -0.2) is 13.8 Å². The molecule has 0 spiro atoms. The average molecular weight is 274 g/mol. The summed E-state index contributed by atoms with van der Waals surface area (Å²) in [7, 11) is 1.58. The van der Waals surface area contributed by atoms with E-state index in [-0.39, 0.29) is 5.52 Å². The number of benzene rings is 2. The summed E-state index contributed by atoms with van der Waals surface area (Å²) in [5, 5.41) is 0. The Morgan fingerprint density at radius 3 is 2.70 bits per heavy atom. The van der Waals surface area contributed by atoms with E-state index in [1.807, 2.05) is 19.1 Å². The number of nitrogens with zero attached hydrogens (tertiary/aromatic N) is 1. The van der Waals surface area contributed by atoms with Crippen molar-refractivity contribution in [3.63, 3.8) is 0 Å². The zero-order chi connectivity index (χ0) is 14.3. The van der Waals surface area contributed by atoms with Gasteiger partial charge >= 0.3 is 0 Å². The number of aromatic amines is 1. The van der Waals surface area contributed by atoms with Gasteiger partial charge in [0.15, 0.2) is 5.82 Å². The molecule has 1 aromatic heterocycles. The molecule has 0 unspecified atom stereocenters. The van der Waals surface area contributed by atoms with E-state index >= 15 is 0 Å². The molecule has 0 fully saturated rings. The summed E-state index contributed by atoms with van der Waals surface area (Å²) in [5.74, 6) is -0.120. The molecular weight excluding hydrogens is 262 g/mol. The number of imidazole rings is 1. The number of hydrogen-bond donors (Lipinski definition) is 1. The summed E-state index contributed by atoms with van der Waals surface area (Å²) in [4.78, 5) is 7.09. The maximum absolute atomic E-state index is 13.6. The maximum Gasteiger partial charge on any atom is 0.153 e. The van der Waals surface area contributed by atoms with Crippen molar-refractivity contribution in [3.8, 4) is 17.1 Å². The van der Waals surface area contributed by atoms with Crippen LogP contribution in [0.1, 0.15) is 5.56 Å². The van der Waals surface area contributed by atoms with Gasteiger partial charge in [0.25, 0.3) is 0 Å². The van der Waals surface area contributed by atoms with Crippen molar-refractivity contribution >= 4 is 11.0 Å². The third-order valence-corrected chi connectivity index (χ3v) is 3.19. The van der Waals surface area contributed by atoms with Gasteiger partial charge in [-0.15, -0.1) is 0 Å². The molecule has 1 N–H and O–H groups in total. The topological polar surface area (TPSA) is 37.9 Å². The van der Waals surface area contributed by atoms with Crippen LogP contribution in [0.4, 0.5) is 8.78 Å². The summed E-state index contributed by atoms with van der Waals surface area (Å²) < 4.78 is 32.1. The Morgan fingerprint density at radius 1 is 1.15 bits per heavy atom. The van der Waals surface area contributed by atoms with E-state index in [4.69, 9.17) is 4.74 Å². The van der Waals surface area contributed by atoms with Crippen LogP contribution in [-0.2, 0) is 0 Å². The Kier molecular flexibility index (Phi) is 2.89. The first-order valence-corrected chi connectivity index (χ1v) is 6.08. The lowest BCUT2D eigenvalue weighted by Gasteiger charge is -2.05. The van der Waals surface area contributed by atoms with Crippen LogP contribution >= 0.6 is 0 Å². The van der Waals surface area contributed by atoms with Crippen molar-refractivity contribution in [2.75, 3.05) is 7.11 Å². The van der Waals surface area contributed by atoms with Gasteiger partial charge in [-0.1, -0.05) is 12.1 Å². The second-order valence-corrected chi connectivity index (χ2v) is 4.55. The molecule has 1 heterocycles. The molecule has 0 aliphatic heterocycles. The fraction of sp³-hybridized carbons (Fsp3) is 0.133. The predicted molar refractivity (Wildman–Crippen MR) is 72.7 cm³/mol. The minimum atomic E-state index is -0.679. The highest BCUT2D eigenvalue weighted by atomic mass is 19.1. The van der Waals surface area contributed by atoms with Crippen LogP contribution in [0.5, 0.6) is 5.75 Å². The molecule has 3 nitrogen and oxygen atoms in total. The molecule has 5 heteroatoms. The van der Waals surface area contributed by atoms with Crippen LogP contribution in [-0.4, -0.2) is 17.1 Å². The summed E-state index contributed by atoms with van der Waals surface area (Å²) in [6.07, 6.45) is 0. The van der Waals surface area contributed by atoms with Crippen LogP contribution in [0.3, 0.4) is 0 Å². The van der Waals surface area contributed by atoms with E-state index in [1.165, 1.54) is 6.07 Å². The van der Waals surface area contributed by atoms with Gasteiger partial charge in [-0.05, 0) is 24.6 Å². The van der Waals surface area contributed by atoms with E-state index in [0.29, 0.717) is 11.3 Å². The number of aryl methyl sites for hydroxylation is 1. The second kappa shape index (κ2) is 4.59. The highest BCUT2D eigenvalue weighted by molar-refractivity contribution is 5.80. The lowest BCUT2D eigenvalue weighted by Crippen LogP contribution is -1.88. The standard InChI is InChI=1S/C15H12F2N2O/c1-8-3-4-9(5-13(8)20-2)15-18-12-7-10(16)6-11(17)14(12)19-15/h3-7H,1-2H3,(H,18,19). The summed E-state index contributed by atoms with van der Waals surface area (Å²) in [5.41, 5.74) is 2.20. The van der Waals surface area contributed by atoms with Crippen molar-refractivity contribution in [2.24, 2.45) is 0 Å². The highest BCUT2D eigenvalue weighted by Crippen LogP contribution is 2.27. The quantitative estimate of drug-likeness (QED) is 0.771. The molecule has 0 aliphatic rings. The van der Waals surface area contributed by atoms with Gasteiger partial charge < -0.3 is 9.72 Å². The van der Waals surface area contributed by atoms with Crippen LogP contribution in [0.15, 0.2) is 30.3 Å². The number of nitrogens with one attached hydrogen (secondary N) is 1. The van der Waals surface area contributed by atoms with Crippen molar-refractivity contribution in [2.45, 2.75) is 6.92 Å². The van der Waals surface area contributed by atoms with Crippen LogP contribution in [0.2, 0.25) is 0 Å². The number of ether oxygens (including phenoxy) is 1. The third kappa shape index (κ3) is 2.01. The van der Waals surface area contributed by atoms with Crippen molar-refractivity contribution in [1.29, 1.82) is 0 Å². The Morgan fingerprint density at radius 2 is 1.95 bits per heavy atom. The first-order chi connectivity index (χ1) is 9.58. The van der Waals surface area contributed by atoms with Gasteiger partial charge in [-0.2, -0.15) is 0 Å². The van der Waals surface area contributed by atoms with Crippen LogP contribution in [0, 0.1) is 18.6 Å². The zero-order valence-electron chi connectivity index (χ0n) is 11.0. The van der Waals surface area contributed by atoms with Gasteiger partial charge in [0, 0.05) is 11.6 Å². The van der Waals surface area contributed by atoms with Gasteiger partial charge in [-0.3, -0.25) is 0 Å². The van der Waals surface area contributed by atoms with Crippen molar-refractivity contribution in [3.05, 3.63) is 47.5 Å². The molecule has 0 radical (unpaired) electrons. The van der Waals surface area contributed by atoms with Gasteiger partial charge in [0.2, 0.25) is 0 Å². The van der Waals surface area contributed by atoms with E-state index in [1.54, 1.807) is 13.2 Å². The van der Waals surface area contributed by atoms with Crippen molar-refractivity contribution in [1.82, 2.24) is 9.97 Å². The fourth-order valence-corrected chi connectivity index (χ4v) is 2.15. The Labute approximate surface area is 114 Å². The van der Waals surface area contributed by atoms with Gasteiger partial charge in [0.05, 0.1) is 12.6 Å². The van der Waals surface area contributed by atoms with Crippen LogP contribution < -0.4 is 4.74 Å². The minimum Gasteiger partial charge on any atom is -0.496 e. The molecule has 20 heavy (non-hydrogen) atoms. The van der Waals surface area contributed by atoms with Gasteiger partial charge in [0.1, 0.15) is 22.9 Å². The van der Waals surface area contributed by atoms with E-state index in [2.05, 4.69) is 9.97 Å². The minimum absolute atomic E-state index is 0.126. The molecule has 0 amide bonds. The first-order valence-electron chi connectivity index (χ1n) is 6.08. The molecule has 3 aromatic rings. The average Bonchev–Trinajstić information content (AvgIpc) is 2.83. The summed E-state index contributed by atoms with van der Waals surface area (Å²) in [6, 6.07) is 7.59. The Hall–Kier alpha value is -2.43. The molecule has 0 saturated heterocycles. The Bertz CT molecular complexity index is 796. The van der Waals surface area contributed by atoms with Crippen molar-refractivity contribution < 1.29 is 13.5 Å². The summed E-state index contributed by atoms with van der Waals surface area (Å²) in [6.45, 7) is 1.93. The SMILES string of the molecule is COc1cc(-c2nc3c(F)cc(F)cc3[nH]2)ccc1C. The number of aromatic nitrogens is 2. The maximum atomic E-state index is 13.6. The molecule has 102 valence electrons.